The van der Waals surface area contributed by atoms with E-state index in [2.05, 4.69) is 44.8 Å². The van der Waals surface area contributed by atoms with Gasteiger partial charge < -0.3 is 20.1 Å². The second kappa shape index (κ2) is 20.5. The first kappa shape index (κ1) is 42.6. The number of fused-ring (bicyclic) bond motifs is 5. The molecule has 0 spiro atoms. The van der Waals surface area contributed by atoms with Gasteiger partial charge in [-0.15, -0.1) is 0 Å². The Morgan fingerprint density at radius 2 is 1.41 bits per heavy atom. The molecule has 0 heterocycles. The molecule has 2 N–H and O–H groups in total. The number of amides is 1. The Kier molecular flexibility index (Phi) is 17.1. The van der Waals surface area contributed by atoms with E-state index in [9.17, 15) is 14.7 Å². The zero-order valence-electron chi connectivity index (χ0n) is 34.5. The van der Waals surface area contributed by atoms with Crippen LogP contribution >= 0.6 is 0 Å². The summed E-state index contributed by atoms with van der Waals surface area (Å²) in [5.74, 6) is 3.51. The average Bonchev–Trinajstić information content (AvgIpc) is 3.46. The van der Waals surface area contributed by atoms with E-state index >= 15 is 0 Å². The summed E-state index contributed by atoms with van der Waals surface area (Å²) in [5.41, 5.74) is 0.421. The minimum Gasteiger partial charge on any atom is -0.462 e. The van der Waals surface area contributed by atoms with Gasteiger partial charge >= 0.3 is 5.97 Å². The maximum absolute atomic E-state index is 13.4. The fourth-order valence-corrected chi connectivity index (χ4v) is 12.4. The predicted octanol–water partition coefficient (Wildman–Crippen LogP) is 10.3. The van der Waals surface area contributed by atoms with E-state index in [-0.39, 0.29) is 34.9 Å². The number of ether oxygens (including phenoxy) is 1. The molecule has 0 radical (unpaired) electrons. The van der Waals surface area contributed by atoms with E-state index in [0.29, 0.717) is 60.8 Å². The van der Waals surface area contributed by atoms with Crippen LogP contribution < -0.4 is 5.32 Å². The maximum Gasteiger partial charge on any atom is 0.307 e. The van der Waals surface area contributed by atoms with Crippen LogP contribution in [-0.4, -0.2) is 61.3 Å². The zero-order chi connectivity index (χ0) is 37.0. The van der Waals surface area contributed by atoms with Crippen LogP contribution in [0.25, 0.3) is 0 Å². The van der Waals surface area contributed by atoms with E-state index in [1.54, 1.807) is 0 Å². The highest BCUT2D eigenvalue weighted by atomic mass is 16.5. The number of carbonyl (C=O) groups excluding carboxylic acids is 2. The second-order valence-electron chi connectivity index (χ2n) is 18.9. The third-order valence-corrected chi connectivity index (χ3v) is 15.3. The van der Waals surface area contributed by atoms with Crippen molar-refractivity contribution >= 4 is 11.9 Å². The summed E-state index contributed by atoms with van der Waals surface area (Å²) in [6, 6.07) is 0. The molecule has 1 amide bonds. The van der Waals surface area contributed by atoms with Crippen molar-refractivity contribution in [2.75, 3.05) is 27.2 Å². The quantitative estimate of drug-likeness (QED) is 0.0862. The molecule has 0 unspecified atom stereocenters. The smallest absolute Gasteiger partial charge is 0.307 e. The molecule has 0 aromatic carbocycles. The monoisotopic (exact) mass is 715 g/mol. The van der Waals surface area contributed by atoms with Crippen LogP contribution in [0.4, 0.5) is 0 Å². The van der Waals surface area contributed by atoms with Crippen LogP contribution in [0.2, 0.25) is 0 Å². The van der Waals surface area contributed by atoms with Gasteiger partial charge in [-0.1, -0.05) is 105 Å². The third-order valence-electron chi connectivity index (χ3n) is 15.3. The first-order valence-corrected chi connectivity index (χ1v) is 22.2. The van der Waals surface area contributed by atoms with Crippen molar-refractivity contribution in [3.8, 4) is 0 Å². The summed E-state index contributed by atoms with van der Waals surface area (Å²) in [4.78, 5) is 28.4. The summed E-state index contributed by atoms with van der Waals surface area (Å²) >= 11 is 0. The molecule has 4 aliphatic carbocycles. The molecular weight excluding hydrogens is 633 g/mol. The minimum absolute atomic E-state index is 0.0458. The fourth-order valence-electron chi connectivity index (χ4n) is 12.4. The summed E-state index contributed by atoms with van der Waals surface area (Å²) in [6.07, 6.45) is 26.5. The third kappa shape index (κ3) is 11.0. The average molecular weight is 715 g/mol. The van der Waals surface area contributed by atoms with E-state index in [4.69, 9.17) is 4.74 Å². The fraction of sp³-hybridized carbons (Fsp3) is 0.956. The molecule has 0 aliphatic heterocycles. The Morgan fingerprint density at radius 3 is 2.04 bits per heavy atom. The van der Waals surface area contributed by atoms with Crippen molar-refractivity contribution in [2.45, 2.75) is 195 Å². The van der Waals surface area contributed by atoms with Gasteiger partial charge in [0, 0.05) is 25.4 Å². The maximum atomic E-state index is 13.4. The van der Waals surface area contributed by atoms with Crippen LogP contribution in [-0.2, 0) is 14.3 Å². The number of aliphatic hydroxyl groups excluding tert-OH is 1. The van der Waals surface area contributed by atoms with Gasteiger partial charge in [0.2, 0.25) is 5.91 Å². The lowest BCUT2D eigenvalue weighted by Crippen LogP contribution is -2.63. The largest absolute Gasteiger partial charge is 0.462 e. The molecule has 4 saturated carbocycles. The van der Waals surface area contributed by atoms with Crippen LogP contribution in [0.3, 0.4) is 0 Å². The first-order valence-electron chi connectivity index (χ1n) is 22.2. The first-order chi connectivity index (χ1) is 24.5. The normalized spacial score (nSPS) is 35.2. The van der Waals surface area contributed by atoms with Gasteiger partial charge in [-0.2, -0.15) is 0 Å². The summed E-state index contributed by atoms with van der Waals surface area (Å²) in [6.45, 7) is 13.6. The van der Waals surface area contributed by atoms with E-state index in [1.807, 2.05) is 14.1 Å². The van der Waals surface area contributed by atoms with Gasteiger partial charge in [-0.05, 0) is 125 Å². The number of nitrogens with zero attached hydrogens (tertiary/aromatic N) is 1. The Bertz CT molecular complexity index is 1050. The number of rotatable bonds is 22. The van der Waals surface area contributed by atoms with Gasteiger partial charge in [0.25, 0.3) is 0 Å². The van der Waals surface area contributed by atoms with E-state index in [1.165, 1.54) is 96.3 Å². The number of aliphatic hydroxyl groups is 1. The molecule has 0 aromatic rings. The highest BCUT2D eigenvalue weighted by Crippen LogP contribution is 2.70. The second-order valence-corrected chi connectivity index (χ2v) is 18.9. The predicted molar refractivity (Wildman–Crippen MR) is 211 cm³/mol. The molecule has 0 bridgehead atoms. The van der Waals surface area contributed by atoms with Gasteiger partial charge in [-0.3, -0.25) is 9.59 Å². The molecule has 6 nitrogen and oxygen atoms in total. The molecule has 4 rings (SSSR count). The summed E-state index contributed by atoms with van der Waals surface area (Å²) < 4.78 is 6.67. The lowest BCUT2D eigenvalue weighted by atomic mass is 9.41. The van der Waals surface area contributed by atoms with Gasteiger partial charge in [0.05, 0.1) is 12.5 Å². The summed E-state index contributed by atoms with van der Waals surface area (Å²) in [5, 5.41) is 14.1. The van der Waals surface area contributed by atoms with E-state index in [0.717, 1.165) is 45.1 Å². The molecule has 0 aromatic heterocycles. The van der Waals surface area contributed by atoms with Gasteiger partial charge in [0.15, 0.2) is 0 Å². The zero-order valence-corrected chi connectivity index (χ0v) is 34.5. The molecular formula is C45H82N2O4. The van der Waals surface area contributed by atoms with Crippen molar-refractivity contribution in [3.63, 3.8) is 0 Å². The lowest BCUT2D eigenvalue weighted by Gasteiger charge is -2.65. The summed E-state index contributed by atoms with van der Waals surface area (Å²) in [7, 11) is 4.03. The standard InChI is InChI=1S/C45H82N2O4/c1-8-10-11-12-13-14-15-16-17-18-19-20-30-46-40(49)24-21-33(3)36-22-23-37-42-38(26-29-44(36,37)4)45(5)28-25-34(48)32-39(45)35(9-2)43(42)51-41(50)27-31-47(6)7/h33-39,42-43,48H,8-32H2,1-7H3,(H,46,49)/t33-,34-,35-,36-,37+,38+,39+,42+,43-,44-,45-/m1/s1. The number of hydrogen-bond donors (Lipinski definition) is 2. The number of nitrogens with one attached hydrogen (secondary N) is 1. The van der Waals surface area contributed by atoms with E-state index < -0.39 is 0 Å². The topological polar surface area (TPSA) is 78.9 Å². The Labute approximate surface area is 314 Å². The molecule has 296 valence electrons. The van der Waals surface area contributed by atoms with Crippen molar-refractivity contribution in [1.82, 2.24) is 10.2 Å². The van der Waals surface area contributed by atoms with Crippen molar-refractivity contribution < 1.29 is 19.4 Å². The van der Waals surface area contributed by atoms with Crippen molar-refractivity contribution in [2.24, 2.45) is 52.3 Å². The molecule has 11 atom stereocenters. The van der Waals surface area contributed by atoms with Crippen molar-refractivity contribution in [3.05, 3.63) is 0 Å². The molecule has 4 fully saturated rings. The number of hydrogen-bond acceptors (Lipinski definition) is 5. The van der Waals surface area contributed by atoms with Crippen LogP contribution in [0.1, 0.15) is 182 Å². The molecule has 51 heavy (non-hydrogen) atoms. The van der Waals surface area contributed by atoms with Crippen LogP contribution in [0.15, 0.2) is 0 Å². The van der Waals surface area contributed by atoms with Crippen LogP contribution in [0.5, 0.6) is 0 Å². The number of carbonyl (C=O) groups is 2. The Balaban J connectivity index is 1.28. The molecule has 0 saturated heterocycles. The number of unbranched alkanes of at least 4 members (excludes halogenated alkanes) is 11. The molecule has 4 aliphatic rings. The van der Waals surface area contributed by atoms with Crippen LogP contribution in [0, 0.1) is 52.3 Å². The Morgan fingerprint density at radius 1 is 0.804 bits per heavy atom. The Hall–Kier alpha value is -1.14. The molecule has 6 heteroatoms. The highest BCUT2D eigenvalue weighted by Gasteiger charge is 2.66. The van der Waals surface area contributed by atoms with Crippen molar-refractivity contribution in [1.29, 1.82) is 0 Å². The highest BCUT2D eigenvalue weighted by molar-refractivity contribution is 5.75. The number of esters is 1. The van der Waals surface area contributed by atoms with Gasteiger partial charge in [0.1, 0.15) is 6.10 Å². The SMILES string of the molecule is CCCCCCCCCCCCCCNC(=O)CC[C@@H](C)[C@H]1CC[C@H]2[C@@H]3[C@H](OC(=O)CCN(C)C)[C@H](CC)[C@@H]4C[C@H](O)CC[C@]4(C)[C@H]3CC[C@]12C. The minimum atomic E-state index is -0.230. The van der Waals surface area contributed by atoms with Gasteiger partial charge in [-0.25, -0.2) is 0 Å². The lowest BCUT2D eigenvalue weighted by molar-refractivity contribution is -0.218.